The Balaban J connectivity index is 1.92. The Bertz CT molecular complexity index is 854. The number of hydrogen-bond acceptors (Lipinski definition) is 4. The Morgan fingerprint density at radius 1 is 1.19 bits per heavy atom. The molecule has 4 nitrogen and oxygen atoms in total. The first-order valence-corrected chi connectivity index (χ1v) is 10.4. The average Bonchev–Trinajstić information content (AvgIpc) is 3.17. The lowest BCUT2D eigenvalue weighted by Gasteiger charge is -2.27. The molecular formula is C19H17BrClN3OS. The summed E-state index contributed by atoms with van der Waals surface area (Å²) in [5, 5.41) is 3.93. The van der Waals surface area contributed by atoms with Crippen molar-refractivity contribution in [3.8, 4) is 0 Å². The minimum Gasteiger partial charge on any atom is -0.371 e. The minimum atomic E-state index is -0.440. The molecular weight excluding hydrogens is 434 g/mol. The van der Waals surface area contributed by atoms with Gasteiger partial charge in [-0.05, 0) is 42.7 Å². The lowest BCUT2D eigenvalue weighted by molar-refractivity contribution is 0.0926. The van der Waals surface area contributed by atoms with Gasteiger partial charge in [0.1, 0.15) is 11.4 Å². The van der Waals surface area contributed by atoms with Gasteiger partial charge in [-0.25, -0.2) is 4.98 Å². The van der Waals surface area contributed by atoms with Gasteiger partial charge in [0.15, 0.2) is 5.78 Å². The molecule has 1 heterocycles. The number of Topliss-reactive ketones (excluding diaryl/α,β-unsaturated/α-hetero) is 1. The number of carbonyl (C=O) groups excluding carboxylic acids is 1. The molecule has 7 heteroatoms. The molecule has 134 valence electrons. The van der Waals surface area contributed by atoms with E-state index in [9.17, 15) is 4.79 Å². The topological polar surface area (TPSA) is 46.9 Å². The summed E-state index contributed by atoms with van der Waals surface area (Å²) in [4.78, 5) is 17.4. The van der Waals surface area contributed by atoms with Gasteiger partial charge in [-0.2, -0.15) is 0 Å². The molecule has 3 aromatic rings. The first-order chi connectivity index (χ1) is 12.6. The average molecular weight is 451 g/mol. The number of nitrogens with zero attached hydrogens (tertiary/aromatic N) is 2. The molecule has 0 amide bonds. The predicted molar refractivity (Wildman–Crippen MR) is 112 cm³/mol. The first kappa shape index (κ1) is 19.0. The third-order valence-corrected chi connectivity index (χ3v) is 5.60. The third-order valence-electron chi connectivity index (χ3n) is 3.94. The summed E-state index contributed by atoms with van der Waals surface area (Å²) in [6, 6.07) is 14.4. The molecule has 2 atom stereocenters. The monoisotopic (exact) mass is 449 g/mol. The van der Waals surface area contributed by atoms with Gasteiger partial charge in [0.2, 0.25) is 0 Å². The highest BCUT2D eigenvalue weighted by atomic mass is 79.9. The van der Waals surface area contributed by atoms with Crippen LogP contribution in [0.25, 0.3) is 0 Å². The van der Waals surface area contributed by atoms with E-state index in [0.717, 1.165) is 10.2 Å². The van der Waals surface area contributed by atoms with E-state index in [2.05, 4.69) is 26.2 Å². The highest BCUT2D eigenvalue weighted by Gasteiger charge is 2.30. The summed E-state index contributed by atoms with van der Waals surface area (Å²) in [6.45, 7) is 0. The van der Waals surface area contributed by atoms with Gasteiger partial charge in [-0.15, -0.1) is 11.8 Å². The molecule has 0 fully saturated rings. The molecule has 0 aliphatic heterocycles. The number of aromatic nitrogens is 2. The van der Waals surface area contributed by atoms with Crippen LogP contribution in [0.3, 0.4) is 0 Å². The number of imidazole rings is 1. The zero-order chi connectivity index (χ0) is 18.5. The van der Waals surface area contributed by atoms with Crippen molar-refractivity contribution in [2.75, 3.05) is 11.6 Å². The lowest BCUT2D eigenvalue weighted by atomic mass is 10.0. The van der Waals surface area contributed by atoms with Crippen LogP contribution in [0.4, 0.5) is 5.69 Å². The molecule has 2 aromatic carbocycles. The molecule has 0 radical (unpaired) electrons. The van der Waals surface area contributed by atoms with Crippen molar-refractivity contribution >= 4 is 50.8 Å². The number of hydrogen-bond donors (Lipinski definition) is 1. The van der Waals surface area contributed by atoms with Crippen LogP contribution in [0.15, 0.2) is 71.7 Å². The summed E-state index contributed by atoms with van der Waals surface area (Å²) in [5.41, 5.74) is 1.56. The van der Waals surface area contributed by atoms with Gasteiger partial charge in [-0.1, -0.05) is 39.7 Å². The van der Waals surface area contributed by atoms with Crippen molar-refractivity contribution in [1.82, 2.24) is 9.55 Å². The predicted octanol–water partition coefficient (Wildman–Crippen LogP) is 5.52. The molecule has 0 aliphatic rings. The number of benzene rings is 2. The van der Waals surface area contributed by atoms with Gasteiger partial charge in [0, 0.05) is 33.1 Å². The van der Waals surface area contributed by atoms with Gasteiger partial charge >= 0.3 is 0 Å². The fraction of sp³-hybridized carbons (Fsp3) is 0.158. The maximum atomic E-state index is 13.3. The van der Waals surface area contributed by atoms with Crippen LogP contribution < -0.4 is 5.32 Å². The van der Waals surface area contributed by atoms with Crippen LogP contribution in [-0.2, 0) is 0 Å². The number of rotatable bonds is 7. The second-order valence-electron chi connectivity index (χ2n) is 5.63. The van der Waals surface area contributed by atoms with Crippen LogP contribution in [0.5, 0.6) is 0 Å². The molecule has 0 spiro atoms. The van der Waals surface area contributed by atoms with Crippen molar-refractivity contribution in [1.29, 1.82) is 0 Å². The summed E-state index contributed by atoms with van der Waals surface area (Å²) in [6.07, 6.45) is 7.15. The molecule has 0 saturated heterocycles. The standard InChI is InChI=1S/C19H17BrClN3OS/c1-26-19(23-16-8-6-15(21)7-9-16)17(24-11-10-22-12-24)18(25)13-2-4-14(20)5-3-13/h2-12,17,19,23H,1H3. The van der Waals surface area contributed by atoms with Crippen LogP contribution in [0.2, 0.25) is 5.02 Å². The quantitative estimate of drug-likeness (QED) is 0.380. The number of halogens is 2. The largest absolute Gasteiger partial charge is 0.371 e. The summed E-state index contributed by atoms with van der Waals surface area (Å²) >= 11 is 11.0. The number of carbonyl (C=O) groups is 1. The molecule has 1 N–H and O–H groups in total. The van der Waals surface area contributed by atoms with Crippen molar-refractivity contribution in [2.24, 2.45) is 0 Å². The van der Waals surface area contributed by atoms with E-state index < -0.39 is 6.04 Å². The Labute approximate surface area is 170 Å². The van der Waals surface area contributed by atoms with Crippen LogP contribution in [-0.4, -0.2) is 27.0 Å². The molecule has 3 rings (SSSR count). The maximum absolute atomic E-state index is 13.3. The van der Waals surface area contributed by atoms with Crippen molar-refractivity contribution in [2.45, 2.75) is 11.4 Å². The Hall–Kier alpha value is -1.76. The Kier molecular flexibility index (Phi) is 6.40. The van der Waals surface area contributed by atoms with Crippen molar-refractivity contribution in [3.63, 3.8) is 0 Å². The summed E-state index contributed by atoms with van der Waals surface area (Å²) in [7, 11) is 0. The van der Waals surface area contributed by atoms with E-state index in [4.69, 9.17) is 11.6 Å². The Morgan fingerprint density at radius 3 is 2.46 bits per heavy atom. The van der Waals surface area contributed by atoms with E-state index in [1.54, 1.807) is 24.3 Å². The number of anilines is 1. The number of nitrogens with one attached hydrogen (secondary N) is 1. The number of thioether (sulfide) groups is 1. The van der Waals surface area contributed by atoms with Crippen LogP contribution >= 0.6 is 39.3 Å². The zero-order valence-electron chi connectivity index (χ0n) is 14.0. The van der Waals surface area contributed by atoms with Gasteiger partial charge in [0.25, 0.3) is 0 Å². The maximum Gasteiger partial charge on any atom is 0.188 e. The highest BCUT2D eigenvalue weighted by molar-refractivity contribution is 9.10. The van der Waals surface area contributed by atoms with E-state index in [1.807, 2.05) is 65.6 Å². The van der Waals surface area contributed by atoms with Crippen LogP contribution in [0.1, 0.15) is 16.4 Å². The molecule has 26 heavy (non-hydrogen) atoms. The zero-order valence-corrected chi connectivity index (χ0v) is 17.1. The molecule has 0 bridgehead atoms. The molecule has 2 unspecified atom stereocenters. The summed E-state index contributed by atoms with van der Waals surface area (Å²) < 4.78 is 2.78. The minimum absolute atomic E-state index is 0.0244. The van der Waals surface area contributed by atoms with Crippen molar-refractivity contribution in [3.05, 3.63) is 82.3 Å². The van der Waals surface area contributed by atoms with Crippen LogP contribution in [0, 0.1) is 0 Å². The van der Waals surface area contributed by atoms with Gasteiger partial charge in [0.05, 0.1) is 6.33 Å². The normalized spacial score (nSPS) is 13.2. The van der Waals surface area contributed by atoms with E-state index in [-0.39, 0.29) is 11.2 Å². The fourth-order valence-electron chi connectivity index (χ4n) is 2.63. The van der Waals surface area contributed by atoms with E-state index >= 15 is 0 Å². The van der Waals surface area contributed by atoms with E-state index in [0.29, 0.717) is 10.6 Å². The Morgan fingerprint density at radius 2 is 1.88 bits per heavy atom. The number of ketones is 1. The van der Waals surface area contributed by atoms with E-state index in [1.165, 1.54) is 0 Å². The second kappa shape index (κ2) is 8.75. The first-order valence-electron chi connectivity index (χ1n) is 7.90. The summed E-state index contributed by atoms with van der Waals surface area (Å²) in [5.74, 6) is 0.0244. The van der Waals surface area contributed by atoms with Crippen molar-refractivity contribution < 1.29 is 4.79 Å². The van der Waals surface area contributed by atoms with Gasteiger partial charge in [-0.3, -0.25) is 4.79 Å². The second-order valence-corrected chi connectivity index (χ2v) is 7.96. The smallest absolute Gasteiger partial charge is 0.188 e. The molecule has 0 aliphatic carbocycles. The molecule has 0 saturated carbocycles. The lowest BCUT2D eigenvalue weighted by Crippen LogP contribution is -2.34. The highest BCUT2D eigenvalue weighted by Crippen LogP contribution is 2.28. The SMILES string of the molecule is CSC(Nc1ccc(Cl)cc1)C(C(=O)c1ccc(Br)cc1)n1ccnc1. The third kappa shape index (κ3) is 4.50. The molecule has 1 aromatic heterocycles. The van der Waals surface area contributed by atoms with Gasteiger partial charge < -0.3 is 9.88 Å². The fourth-order valence-corrected chi connectivity index (χ4v) is 3.79.